The largest absolute Gasteiger partial charge is 0.456 e. The number of imidazole rings is 1. The van der Waals surface area contributed by atoms with Crippen LogP contribution in [0.25, 0.3) is 16.9 Å². The van der Waals surface area contributed by atoms with Crippen LogP contribution in [0.2, 0.25) is 0 Å². The van der Waals surface area contributed by atoms with Crippen LogP contribution in [0.3, 0.4) is 0 Å². The van der Waals surface area contributed by atoms with Crippen LogP contribution in [0.1, 0.15) is 18.4 Å². The van der Waals surface area contributed by atoms with Gasteiger partial charge in [-0.2, -0.15) is 0 Å². The van der Waals surface area contributed by atoms with Crippen LogP contribution in [0.15, 0.2) is 72.8 Å². The van der Waals surface area contributed by atoms with Gasteiger partial charge in [0, 0.05) is 16.8 Å². The molecule has 0 radical (unpaired) electrons. The van der Waals surface area contributed by atoms with Crippen molar-refractivity contribution in [3.05, 3.63) is 84.3 Å². The molecule has 0 unspecified atom stereocenters. The van der Waals surface area contributed by atoms with E-state index >= 15 is 0 Å². The molecule has 1 heterocycles. The Hall–Kier alpha value is -3.14. The summed E-state index contributed by atoms with van der Waals surface area (Å²) in [5.74, 6) is 0.428. The molecule has 4 heteroatoms. The highest BCUT2D eigenvalue weighted by atomic mass is 16.5. The molecule has 0 saturated heterocycles. The molecule has 0 bridgehead atoms. The van der Waals surface area contributed by atoms with Gasteiger partial charge in [0.2, 0.25) is 0 Å². The molecule has 25 heavy (non-hydrogen) atoms. The van der Waals surface area contributed by atoms with Crippen molar-refractivity contribution in [3.63, 3.8) is 0 Å². The molecule has 3 aromatic rings. The molecule has 126 valence electrons. The number of hydrogen-bond donors (Lipinski definition) is 0. The van der Waals surface area contributed by atoms with Crippen LogP contribution in [-0.4, -0.2) is 15.5 Å². The predicted octanol–water partition coefficient (Wildman–Crippen LogP) is 4.47. The zero-order valence-corrected chi connectivity index (χ0v) is 14.4. The van der Waals surface area contributed by atoms with Crippen molar-refractivity contribution < 1.29 is 9.53 Å². The first-order chi connectivity index (χ1) is 12.1. The summed E-state index contributed by atoms with van der Waals surface area (Å²) in [4.78, 5) is 16.4. The van der Waals surface area contributed by atoms with Crippen molar-refractivity contribution in [2.24, 2.45) is 0 Å². The van der Waals surface area contributed by atoms with E-state index in [9.17, 15) is 4.79 Å². The fourth-order valence-electron chi connectivity index (χ4n) is 2.73. The van der Waals surface area contributed by atoms with Gasteiger partial charge in [0.15, 0.2) is 0 Å². The summed E-state index contributed by atoms with van der Waals surface area (Å²) in [6, 6.07) is 20.0. The average molecular weight is 332 g/mol. The Labute approximate surface area is 147 Å². The van der Waals surface area contributed by atoms with Crippen molar-refractivity contribution in [2.45, 2.75) is 20.5 Å². The Bertz CT molecular complexity index is 896. The summed E-state index contributed by atoms with van der Waals surface area (Å²) in [5, 5.41) is 0. The molecule has 0 spiro atoms. The van der Waals surface area contributed by atoms with Gasteiger partial charge in [-0.05, 0) is 26.0 Å². The monoisotopic (exact) mass is 332 g/mol. The first-order valence-electron chi connectivity index (χ1n) is 8.09. The van der Waals surface area contributed by atoms with E-state index in [1.165, 1.54) is 0 Å². The number of nitrogens with zero attached hydrogens (tertiary/aromatic N) is 2. The number of aromatic nitrogens is 2. The summed E-state index contributed by atoms with van der Waals surface area (Å²) in [6.45, 7) is 7.31. The second-order valence-corrected chi connectivity index (χ2v) is 5.85. The maximum Gasteiger partial charge on any atom is 0.333 e. The highest BCUT2D eigenvalue weighted by molar-refractivity contribution is 5.87. The predicted molar refractivity (Wildman–Crippen MR) is 98.3 cm³/mol. The molecular weight excluding hydrogens is 312 g/mol. The van der Waals surface area contributed by atoms with Gasteiger partial charge in [0.05, 0.1) is 5.69 Å². The normalized spacial score (nSPS) is 10.5. The van der Waals surface area contributed by atoms with Crippen molar-refractivity contribution in [3.8, 4) is 16.9 Å². The second kappa shape index (κ2) is 7.18. The number of esters is 1. The third-order valence-electron chi connectivity index (χ3n) is 3.87. The number of para-hydroxylation sites is 1. The lowest BCUT2D eigenvalue weighted by atomic mass is 10.1. The molecule has 0 atom stereocenters. The second-order valence-electron chi connectivity index (χ2n) is 5.85. The fraction of sp³-hybridized carbons (Fsp3) is 0.143. The van der Waals surface area contributed by atoms with Gasteiger partial charge < -0.3 is 4.74 Å². The number of carbonyl (C=O) groups excluding carboxylic acids is 1. The quantitative estimate of drug-likeness (QED) is 0.511. The number of hydrogen-bond acceptors (Lipinski definition) is 3. The number of benzene rings is 2. The molecule has 0 aliphatic heterocycles. The molecule has 0 saturated carbocycles. The van der Waals surface area contributed by atoms with Crippen LogP contribution in [0.5, 0.6) is 0 Å². The molecule has 1 aromatic heterocycles. The number of carbonyl (C=O) groups is 1. The van der Waals surface area contributed by atoms with Crippen molar-refractivity contribution in [1.29, 1.82) is 0 Å². The zero-order valence-electron chi connectivity index (χ0n) is 14.4. The minimum atomic E-state index is -0.411. The van der Waals surface area contributed by atoms with Crippen molar-refractivity contribution in [2.75, 3.05) is 0 Å². The van der Waals surface area contributed by atoms with E-state index in [1.807, 2.05) is 67.6 Å². The van der Waals surface area contributed by atoms with E-state index < -0.39 is 5.97 Å². The van der Waals surface area contributed by atoms with Gasteiger partial charge in [-0.25, -0.2) is 9.78 Å². The van der Waals surface area contributed by atoms with Gasteiger partial charge >= 0.3 is 5.97 Å². The minimum Gasteiger partial charge on any atom is -0.456 e. The Morgan fingerprint density at radius 3 is 2.28 bits per heavy atom. The van der Waals surface area contributed by atoms with Crippen LogP contribution in [0.4, 0.5) is 0 Å². The van der Waals surface area contributed by atoms with E-state index in [0.717, 1.165) is 28.5 Å². The minimum absolute atomic E-state index is 0.108. The smallest absolute Gasteiger partial charge is 0.333 e. The summed E-state index contributed by atoms with van der Waals surface area (Å²) in [7, 11) is 0. The van der Waals surface area contributed by atoms with E-state index in [4.69, 9.17) is 4.74 Å². The third-order valence-corrected chi connectivity index (χ3v) is 3.87. The fourth-order valence-corrected chi connectivity index (χ4v) is 2.73. The van der Waals surface area contributed by atoms with Gasteiger partial charge in [0.1, 0.15) is 18.1 Å². The van der Waals surface area contributed by atoms with Crippen LogP contribution in [-0.2, 0) is 16.1 Å². The Kier molecular flexibility index (Phi) is 4.80. The molecule has 2 aromatic carbocycles. The summed E-state index contributed by atoms with van der Waals surface area (Å²) in [5.41, 5.74) is 4.07. The first-order valence-corrected chi connectivity index (χ1v) is 8.09. The van der Waals surface area contributed by atoms with Crippen LogP contribution < -0.4 is 0 Å². The lowest BCUT2D eigenvalue weighted by molar-refractivity contribution is -0.140. The van der Waals surface area contributed by atoms with Crippen molar-refractivity contribution in [1.82, 2.24) is 9.55 Å². The van der Waals surface area contributed by atoms with Crippen molar-refractivity contribution >= 4 is 5.97 Å². The topological polar surface area (TPSA) is 44.1 Å². The van der Waals surface area contributed by atoms with Crippen LogP contribution >= 0.6 is 0 Å². The highest BCUT2D eigenvalue weighted by Gasteiger charge is 2.19. The first kappa shape index (κ1) is 16.7. The third kappa shape index (κ3) is 3.53. The molecule has 0 N–H and O–H groups in total. The maximum absolute atomic E-state index is 11.8. The molecule has 0 aliphatic carbocycles. The van der Waals surface area contributed by atoms with E-state index in [2.05, 4.69) is 16.1 Å². The molecule has 4 nitrogen and oxygen atoms in total. The Balaban J connectivity index is 2.10. The van der Waals surface area contributed by atoms with Gasteiger partial charge in [-0.3, -0.25) is 4.57 Å². The molecular formula is C21H20N2O2. The standard InChI is InChI=1S/C21H20N2O2/c1-15(2)21(24)25-14-19-20(17-10-6-4-7-11-17)23(16(3)22-19)18-12-8-5-9-13-18/h4-13H,1,14H2,2-3H3. The molecule has 0 aliphatic rings. The molecule has 3 rings (SSSR count). The van der Waals surface area contributed by atoms with E-state index in [1.54, 1.807) is 6.92 Å². The van der Waals surface area contributed by atoms with Crippen LogP contribution in [0, 0.1) is 6.92 Å². The lowest BCUT2D eigenvalue weighted by Crippen LogP contribution is -2.06. The Morgan fingerprint density at radius 1 is 1.08 bits per heavy atom. The molecule has 0 amide bonds. The molecule has 0 fully saturated rings. The number of aryl methyl sites for hydroxylation is 1. The number of rotatable bonds is 5. The Morgan fingerprint density at radius 2 is 1.68 bits per heavy atom. The highest BCUT2D eigenvalue weighted by Crippen LogP contribution is 2.29. The summed E-state index contributed by atoms with van der Waals surface area (Å²) < 4.78 is 7.42. The van der Waals surface area contributed by atoms with E-state index in [-0.39, 0.29) is 6.61 Å². The lowest BCUT2D eigenvalue weighted by Gasteiger charge is -2.12. The maximum atomic E-state index is 11.8. The van der Waals surface area contributed by atoms with Gasteiger partial charge in [0.25, 0.3) is 0 Å². The summed E-state index contributed by atoms with van der Waals surface area (Å²) in [6.07, 6.45) is 0. The van der Waals surface area contributed by atoms with Gasteiger partial charge in [-0.1, -0.05) is 55.1 Å². The summed E-state index contributed by atoms with van der Waals surface area (Å²) >= 11 is 0. The average Bonchev–Trinajstić information content (AvgIpc) is 2.97. The zero-order chi connectivity index (χ0) is 17.8. The van der Waals surface area contributed by atoms with E-state index in [0.29, 0.717) is 5.57 Å². The number of ether oxygens (including phenoxy) is 1. The van der Waals surface area contributed by atoms with Gasteiger partial charge in [-0.15, -0.1) is 0 Å². The SMILES string of the molecule is C=C(C)C(=O)OCc1nc(C)n(-c2ccccc2)c1-c1ccccc1.